The average molecular weight is 437 g/mol. The van der Waals surface area contributed by atoms with Crippen molar-refractivity contribution in [3.63, 3.8) is 0 Å². The third-order valence-electron chi connectivity index (χ3n) is 5.80. The van der Waals surface area contributed by atoms with E-state index in [-0.39, 0.29) is 23.8 Å². The first-order valence-electron chi connectivity index (χ1n) is 11.1. The van der Waals surface area contributed by atoms with Crippen LogP contribution in [0.4, 0.5) is 5.82 Å². The summed E-state index contributed by atoms with van der Waals surface area (Å²) in [5.41, 5.74) is 1.89. The topological polar surface area (TPSA) is 91.8 Å². The number of carbonyl (C=O) groups is 3. The van der Waals surface area contributed by atoms with E-state index in [0.29, 0.717) is 36.4 Å². The molecule has 2 aliphatic heterocycles. The molecule has 1 aromatic carbocycles. The predicted molar refractivity (Wildman–Crippen MR) is 120 cm³/mol. The summed E-state index contributed by atoms with van der Waals surface area (Å²) in [4.78, 5) is 45.7. The smallest absolute Gasteiger partial charge is 0.261 e. The molecule has 1 saturated heterocycles. The standard InChI is InChI=1S/C24H28N4O4/c1-3-4-9-28-23(30)19-7-6-18(12-20(19)24(28)31)22(29)26-14-17-5-8-21(25-13-17)27-10-11-32-16(2)15-27/h5-8,12-13,16H,3-4,9-11,14-15H2,1-2H3,(H,26,29). The number of unbranched alkanes of at least 4 members (excludes halogenated alkanes) is 1. The minimum absolute atomic E-state index is 0.178. The summed E-state index contributed by atoms with van der Waals surface area (Å²) in [6, 6.07) is 8.56. The van der Waals surface area contributed by atoms with Crippen LogP contribution in [0.1, 0.15) is 63.3 Å². The maximum absolute atomic E-state index is 12.6. The van der Waals surface area contributed by atoms with E-state index in [2.05, 4.69) is 15.2 Å². The van der Waals surface area contributed by atoms with Crippen molar-refractivity contribution in [2.75, 3.05) is 31.1 Å². The molecule has 1 fully saturated rings. The Bertz CT molecular complexity index is 1020. The van der Waals surface area contributed by atoms with Crippen molar-refractivity contribution in [3.8, 4) is 0 Å². The van der Waals surface area contributed by atoms with Crippen LogP contribution in [-0.4, -0.2) is 60.0 Å². The third-order valence-corrected chi connectivity index (χ3v) is 5.80. The first-order valence-corrected chi connectivity index (χ1v) is 11.1. The van der Waals surface area contributed by atoms with Crippen molar-refractivity contribution in [1.82, 2.24) is 15.2 Å². The molecule has 0 saturated carbocycles. The van der Waals surface area contributed by atoms with Crippen LogP contribution in [0.5, 0.6) is 0 Å². The lowest BCUT2D eigenvalue weighted by molar-refractivity contribution is 0.0529. The van der Waals surface area contributed by atoms with Crippen molar-refractivity contribution in [1.29, 1.82) is 0 Å². The Morgan fingerprint density at radius 1 is 1.19 bits per heavy atom. The Morgan fingerprint density at radius 2 is 2.00 bits per heavy atom. The molecule has 1 aromatic heterocycles. The van der Waals surface area contributed by atoms with E-state index in [1.165, 1.54) is 11.0 Å². The molecule has 1 unspecified atom stereocenters. The lowest BCUT2D eigenvalue weighted by atomic mass is 10.1. The van der Waals surface area contributed by atoms with Gasteiger partial charge in [-0.2, -0.15) is 0 Å². The molecule has 32 heavy (non-hydrogen) atoms. The number of aromatic nitrogens is 1. The van der Waals surface area contributed by atoms with Crippen molar-refractivity contribution >= 4 is 23.5 Å². The van der Waals surface area contributed by atoms with Crippen molar-refractivity contribution < 1.29 is 19.1 Å². The maximum Gasteiger partial charge on any atom is 0.261 e. The number of benzene rings is 1. The van der Waals surface area contributed by atoms with Gasteiger partial charge in [0.25, 0.3) is 17.7 Å². The summed E-state index contributed by atoms with van der Waals surface area (Å²) >= 11 is 0. The fourth-order valence-electron chi connectivity index (χ4n) is 3.97. The number of hydrogen-bond donors (Lipinski definition) is 1. The lowest BCUT2D eigenvalue weighted by Crippen LogP contribution is -2.41. The molecular formula is C24H28N4O4. The van der Waals surface area contributed by atoms with Crippen molar-refractivity contribution in [2.45, 2.75) is 39.3 Å². The zero-order chi connectivity index (χ0) is 22.7. The Kier molecular flexibility index (Phi) is 6.50. The highest BCUT2D eigenvalue weighted by molar-refractivity contribution is 6.22. The second-order valence-corrected chi connectivity index (χ2v) is 8.21. The van der Waals surface area contributed by atoms with Crippen LogP contribution in [0, 0.1) is 0 Å². The van der Waals surface area contributed by atoms with Gasteiger partial charge in [0.05, 0.1) is 23.8 Å². The number of nitrogens with one attached hydrogen (secondary N) is 1. The number of pyridine rings is 1. The molecule has 0 radical (unpaired) electrons. The van der Waals surface area contributed by atoms with Gasteiger partial charge in [0.1, 0.15) is 5.82 Å². The van der Waals surface area contributed by atoms with Crippen LogP contribution in [-0.2, 0) is 11.3 Å². The number of rotatable bonds is 7. The minimum atomic E-state index is -0.328. The first-order chi connectivity index (χ1) is 15.5. The Hall–Kier alpha value is -3.26. The summed E-state index contributed by atoms with van der Waals surface area (Å²) < 4.78 is 5.56. The van der Waals surface area contributed by atoms with Gasteiger partial charge in [-0.3, -0.25) is 19.3 Å². The molecule has 8 heteroatoms. The summed E-state index contributed by atoms with van der Waals surface area (Å²) in [6.45, 7) is 7.07. The second kappa shape index (κ2) is 9.48. The zero-order valence-corrected chi connectivity index (χ0v) is 18.5. The highest BCUT2D eigenvalue weighted by Gasteiger charge is 2.35. The molecule has 0 spiro atoms. The number of fused-ring (bicyclic) bond motifs is 1. The molecule has 1 N–H and O–H groups in total. The van der Waals surface area contributed by atoms with Crippen LogP contribution < -0.4 is 10.2 Å². The number of hydrogen-bond acceptors (Lipinski definition) is 6. The van der Waals surface area contributed by atoms with E-state index in [4.69, 9.17) is 4.74 Å². The number of imide groups is 1. The summed E-state index contributed by atoms with van der Waals surface area (Å²) in [5.74, 6) is -0.0210. The molecule has 3 amide bonds. The number of carbonyl (C=O) groups excluding carboxylic acids is 3. The molecule has 3 heterocycles. The van der Waals surface area contributed by atoms with Crippen LogP contribution in [0.25, 0.3) is 0 Å². The van der Waals surface area contributed by atoms with Gasteiger partial charge in [0.15, 0.2) is 0 Å². The fraction of sp³-hybridized carbons (Fsp3) is 0.417. The first kappa shape index (κ1) is 22.0. The minimum Gasteiger partial charge on any atom is -0.375 e. The lowest BCUT2D eigenvalue weighted by Gasteiger charge is -2.32. The third kappa shape index (κ3) is 4.50. The van der Waals surface area contributed by atoms with Gasteiger partial charge in [0, 0.05) is 37.9 Å². The van der Waals surface area contributed by atoms with E-state index >= 15 is 0 Å². The molecule has 2 aliphatic rings. The monoisotopic (exact) mass is 436 g/mol. The largest absolute Gasteiger partial charge is 0.375 e. The van der Waals surface area contributed by atoms with E-state index in [1.807, 2.05) is 26.0 Å². The average Bonchev–Trinajstić information content (AvgIpc) is 3.05. The number of morpholine rings is 1. The highest BCUT2D eigenvalue weighted by Crippen LogP contribution is 2.24. The Morgan fingerprint density at radius 3 is 2.72 bits per heavy atom. The van der Waals surface area contributed by atoms with E-state index in [9.17, 15) is 14.4 Å². The van der Waals surface area contributed by atoms with E-state index < -0.39 is 0 Å². The molecular weight excluding hydrogens is 408 g/mol. The Balaban J connectivity index is 1.38. The number of amides is 3. The highest BCUT2D eigenvalue weighted by atomic mass is 16.5. The molecule has 168 valence electrons. The van der Waals surface area contributed by atoms with E-state index in [0.717, 1.165) is 37.3 Å². The summed E-state index contributed by atoms with van der Waals surface area (Å²) in [5, 5.41) is 2.86. The normalized spacial score (nSPS) is 18.1. The van der Waals surface area contributed by atoms with Gasteiger partial charge in [-0.25, -0.2) is 4.98 Å². The van der Waals surface area contributed by atoms with Gasteiger partial charge in [-0.1, -0.05) is 19.4 Å². The maximum atomic E-state index is 12.6. The SMILES string of the molecule is CCCCN1C(=O)c2ccc(C(=O)NCc3ccc(N4CCOC(C)C4)nc3)cc2C1=O. The Labute approximate surface area is 187 Å². The predicted octanol–water partition coefficient (Wildman–Crippen LogP) is 2.63. The van der Waals surface area contributed by atoms with Gasteiger partial charge in [0.2, 0.25) is 0 Å². The van der Waals surface area contributed by atoms with Gasteiger partial charge < -0.3 is 15.0 Å². The van der Waals surface area contributed by atoms with Gasteiger partial charge in [-0.05, 0) is 43.2 Å². The van der Waals surface area contributed by atoms with Crippen molar-refractivity contribution in [3.05, 3.63) is 58.8 Å². The van der Waals surface area contributed by atoms with Gasteiger partial charge in [-0.15, -0.1) is 0 Å². The number of anilines is 1. The van der Waals surface area contributed by atoms with Crippen LogP contribution in [0.15, 0.2) is 36.5 Å². The van der Waals surface area contributed by atoms with E-state index in [1.54, 1.807) is 18.3 Å². The summed E-state index contributed by atoms with van der Waals surface area (Å²) in [7, 11) is 0. The van der Waals surface area contributed by atoms with Crippen LogP contribution >= 0.6 is 0 Å². The van der Waals surface area contributed by atoms with Crippen molar-refractivity contribution in [2.24, 2.45) is 0 Å². The molecule has 2 aromatic rings. The molecule has 1 atom stereocenters. The second-order valence-electron chi connectivity index (χ2n) is 8.21. The fourth-order valence-corrected chi connectivity index (χ4v) is 3.97. The molecule has 0 bridgehead atoms. The number of nitrogens with zero attached hydrogens (tertiary/aromatic N) is 3. The molecule has 8 nitrogen and oxygen atoms in total. The van der Waals surface area contributed by atoms with Crippen LogP contribution in [0.2, 0.25) is 0 Å². The van der Waals surface area contributed by atoms with Gasteiger partial charge >= 0.3 is 0 Å². The number of ether oxygens (including phenoxy) is 1. The summed E-state index contributed by atoms with van der Waals surface area (Å²) in [6.07, 6.45) is 3.59. The molecule has 4 rings (SSSR count). The quantitative estimate of drug-likeness (QED) is 0.671. The molecule has 0 aliphatic carbocycles. The van der Waals surface area contributed by atoms with Crippen LogP contribution in [0.3, 0.4) is 0 Å². The zero-order valence-electron chi connectivity index (χ0n) is 18.5.